The summed E-state index contributed by atoms with van der Waals surface area (Å²) in [5, 5.41) is 2.83. The van der Waals surface area contributed by atoms with Crippen molar-refractivity contribution in [3.8, 4) is 11.4 Å². The van der Waals surface area contributed by atoms with Crippen molar-refractivity contribution in [2.75, 3.05) is 7.11 Å². The van der Waals surface area contributed by atoms with Crippen LogP contribution in [0.25, 0.3) is 21.6 Å². The van der Waals surface area contributed by atoms with Crippen LogP contribution in [0.15, 0.2) is 74.9 Å². The Morgan fingerprint density at radius 2 is 1.91 bits per heavy atom. The number of nitrogens with zero attached hydrogens (tertiary/aromatic N) is 4. The molecule has 0 atom stereocenters. The van der Waals surface area contributed by atoms with Gasteiger partial charge in [0.15, 0.2) is 5.16 Å². The SMILES string of the molecule is COc1ccc(-n2c(SCc3cc(=O)n4cc(Cl)ccc4n3)nc3ccsc3c2=O)cc1. The Hall–Kier alpha value is -3.14. The molecular formula is C22H15ClN4O3S2. The second kappa shape index (κ2) is 8.42. The van der Waals surface area contributed by atoms with E-state index in [9.17, 15) is 9.59 Å². The van der Waals surface area contributed by atoms with Gasteiger partial charge in [-0.05, 0) is 47.8 Å². The van der Waals surface area contributed by atoms with Gasteiger partial charge in [-0.1, -0.05) is 23.4 Å². The number of thioether (sulfide) groups is 1. The molecule has 0 fully saturated rings. The second-order valence-electron chi connectivity index (χ2n) is 6.82. The molecule has 5 rings (SSSR count). The lowest BCUT2D eigenvalue weighted by Crippen LogP contribution is -2.21. The van der Waals surface area contributed by atoms with Gasteiger partial charge >= 0.3 is 0 Å². The first kappa shape index (κ1) is 20.7. The number of aromatic nitrogens is 4. The van der Waals surface area contributed by atoms with Crippen LogP contribution in [0.5, 0.6) is 5.75 Å². The average Bonchev–Trinajstić information content (AvgIpc) is 3.27. The number of methoxy groups -OCH3 is 1. The zero-order chi connectivity index (χ0) is 22.2. The Kier molecular flexibility index (Phi) is 5.46. The van der Waals surface area contributed by atoms with E-state index in [4.69, 9.17) is 21.3 Å². The standard InChI is InChI=1S/C22H15ClN4O3S2/c1-30-16-5-3-15(4-6-16)27-21(29)20-17(8-9-31-20)25-22(27)32-12-14-10-19(28)26-11-13(23)2-7-18(26)24-14/h2-11H,12H2,1H3. The number of hydrogen-bond acceptors (Lipinski definition) is 7. The fourth-order valence-electron chi connectivity index (χ4n) is 3.29. The lowest BCUT2D eigenvalue weighted by atomic mass is 10.3. The first-order valence-electron chi connectivity index (χ1n) is 9.49. The molecule has 0 N–H and O–H groups in total. The summed E-state index contributed by atoms with van der Waals surface area (Å²) in [6.07, 6.45) is 1.54. The molecule has 0 saturated carbocycles. The number of thiophene rings is 1. The van der Waals surface area contributed by atoms with Crippen LogP contribution in [0.4, 0.5) is 0 Å². The van der Waals surface area contributed by atoms with Crippen molar-refractivity contribution in [2.45, 2.75) is 10.9 Å². The normalized spacial score (nSPS) is 11.3. The van der Waals surface area contributed by atoms with Gasteiger partial charge in [-0.3, -0.25) is 18.6 Å². The number of halogens is 1. The summed E-state index contributed by atoms with van der Waals surface area (Å²) in [6.45, 7) is 0. The van der Waals surface area contributed by atoms with Gasteiger partial charge in [-0.2, -0.15) is 0 Å². The van der Waals surface area contributed by atoms with E-state index in [1.807, 2.05) is 23.6 Å². The van der Waals surface area contributed by atoms with Crippen LogP contribution >= 0.6 is 34.7 Å². The maximum atomic E-state index is 13.2. The highest BCUT2D eigenvalue weighted by atomic mass is 35.5. The summed E-state index contributed by atoms with van der Waals surface area (Å²) in [6, 6.07) is 13.9. The third-order valence-electron chi connectivity index (χ3n) is 4.81. The first-order chi connectivity index (χ1) is 15.5. The molecule has 1 aromatic carbocycles. The van der Waals surface area contributed by atoms with Crippen molar-refractivity contribution in [2.24, 2.45) is 0 Å². The Morgan fingerprint density at radius 1 is 1.09 bits per heavy atom. The third kappa shape index (κ3) is 3.79. The minimum absolute atomic E-state index is 0.140. The summed E-state index contributed by atoms with van der Waals surface area (Å²) in [4.78, 5) is 35.0. The minimum Gasteiger partial charge on any atom is -0.497 e. The van der Waals surface area contributed by atoms with Crippen molar-refractivity contribution in [1.29, 1.82) is 0 Å². The molecule has 0 aliphatic heterocycles. The highest BCUT2D eigenvalue weighted by Crippen LogP contribution is 2.26. The van der Waals surface area contributed by atoms with Gasteiger partial charge in [0, 0.05) is 18.0 Å². The number of benzene rings is 1. The first-order valence-corrected chi connectivity index (χ1v) is 11.7. The molecule has 0 saturated heterocycles. The van der Waals surface area contributed by atoms with E-state index < -0.39 is 0 Å². The molecule has 0 amide bonds. The quantitative estimate of drug-likeness (QED) is 0.273. The van der Waals surface area contributed by atoms with Gasteiger partial charge in [0.25, 0.3) is 11.1 Å². The van der Waals surface area contributed by atoms with Crippen LogP contribution in [-0.4, -0.2) is 26.0 Å². The summed E-state index contributed by atoms with van der Waals surface area (Å²) >= 11 is 8.69. The van der Waals surface area contributed by atoms with E-state index in [0.29, 0.717) is 48.9 Å². The van der Waals surface area contributed by atoms with E-state index in [-0.39, 0.29) is 11.1 Å². The Bertz CT molecular complexity index is 1580. The van der Waals surface area contributed by atoms with Crippen LogP contribution in [0.3, 0.4) is 0 Å². The molecule has 5 aromatic rings. The number of fused-ring (bicyclic) bond motifs is 2. The Morgan fingerprint density at radius 3 is 2.69 bits per heavy atom. The molecule has 4 heterocycles. The van der Waals surface area contributed by atoms with E-state index >= 15 is 0 Å². The molecule has 0 spiro atoms. The number of pyridine rings is 1. The summed E-state index contributed by atoms with van der Waals surface area (Å²) in [5.41, 5.74) is 2.06. The van der Waals surface area contributed by atoms with Gasteiger partial charge < -0.3 is 4.74 Å². The molecule has 0 aliphatic carbocycles. The van der Waals surface area contributed by atoms with Crippen molar-refractivity contribution in [3.63, 3.8) is 0 Å². The van der Waals surface area contributed by atoms with E-state index in [0.717, 1.165) is 0 Å². The average molecular weight is 483 g/mol. The van der Waals surface area contributed by atoms with E-state index in [1.165, 1.54) is 39.8 Å². The van der Waals surface area contributed by atoms with Crippen LogP contribution in [0.1, 0.15) is 5.69 Å². The smallest absolute Gasteiger partial charge is 0.276 e. The van der Waals surface area contributed by atoms with Crippen molar-refractivity contribution < 1.29 is 4.74 Å². The fraction of sp³-hybridized carbons (Fsp3) is 0.0909. The lowest BCUT2D eigenvalue weighted by Gasteiger charge is -2.12. The topological polar surface area (TPSA) is 78.5 Å². The Balaban J connectivity index is 1.56. The predicted octanol–water partition coefficient (Wildman–Crippen LogP) is 4.41. The molecule has 0 unspecified atom stereocenters. The summed E-state index contributed by atoms with van der Waals surface area (Å²) < 4.78 is 8.80. The molecule has 0 bridgehead atoms. The van der Waals surface area contributed by atoms with Crippen molar-refractivity contribution >= 4 is 50.6 Å². The number of ether oxygens (including phenoxy) is 1. The maximum absolute atomic E-state index is 13.2. The lowest BCUT2D eigenvalue weighted by molar-refractivity contribution is 0.414. The van der Waals surface area contributed by atoms with Gasteiger partial charge in [0.2, 0.25) is 0 Å². The van der Waals surface area contributed by atoms with Gasteiger partial charge in [0.1, 0.15) is 16.1 Å². The molecule has 160 valence electrons. The predicted molar refractivity (Wildman–Crippen MR) is 128 cm³/mol. The molecule has 32 heavy (non-hydrogen) atoms. The fourth-order valence-corrected chi connectivity index (χ4v) is 5.11. The molecule has 10 heteroatoms. The van der Waals surface area contributed by atoms with Crippen LogP contribution < -0.4 is 15.9 Å². The van der Waals surface area contributed by atoms with Crippen LogP contribution in [0, 0.1) is 0 Å². The van der Waals surface area contributed by atoms with Crippen LogP contribution in [-0.2, 0) is 5.75 Å². The largest absolute Gasteiger partial charge is 0.497 e. The highest BCUT2D eigenvalue weighted by molar-refractivity contribution is 7.98. The molecular weight excluding hydrogens is 468 g/mol. The molecule has 4 aromatic heterocycles. The van der Waals surface area contributed by atoms with Gasteiger partial charge in [-0.25, -0.2) is 9.97 Å². The van der Waals surface area contributed by atoms with Crippen molar-refractivity contribution in [3.05, 3.63) is 91.5 Å². The summed E-state index contributed by atoms with van der Waals surface area (Å²) in [7, 11) is 1.59. The molecule has 0 aliphatic rings. The third-order valence-corrected chi connectivity index (χ3v) is 6.89. The Labute approximate surface area is 194 Å². The van der Waals surface area contributed by atoms with E-state index in [1.54, 1.807) is 35.9 Å². The zero-order valence-electron chi connectivity index (χ0n) is 16.7. The van der Waals surface area contributed by atoms with Crippen molar-refractivity contribution in [1.82, 2.24) is 18.9 Å². The van der Waals surface area contributed by atoms with Gasteiger partial charge in [0.05, 0.1) is 29.0 Å². The highest BCUT2D eigenvalue weighted by Gasteiger charge is 2.15. The maximum Gasteiger partial charge on any atom is 0.276 e. The molecule has 7 nitrogen and oxygen atoms in total. The summed E-state index contributed by atoms with van der Waals surface area (Å²) in [5.74, 6) is 1.06. The van der Waals surface area contributed by atoms with E-state index in [2.05, 4.69) is 4.98 Å². The van der Waals surface area contributed by atoms with Gasteiger partial charge in [-0.15, -0.1) is 11.3 Å². The second-order valence-corrected chi connectivity index (χ2v) is 9.11. The molecule has 0 radical (unpaired) electrons. The minimum atomic E-state index is -0.220. The zero-order valence-corrected chi connectivity index (χ0v) is 19.1. The number of hydrogen-bond donors (Lipinski definition) is 0. The number of rotatable bonds is 5. The monoisotopic (exact) mass is 482 g/mol. The van der Waals surface area contributed by atoms with Crippen LogP contribution in [0.2, 0.25) is 5.02 Å².